The van der Waals surface area contributed by atoms with E-state index in [-0.39, 0.29) is 5.92 Å². The molecule has 170 valence electrons. The summed E-state index contributed by atoms with van der Waals surface area (Å²) in [6.07, 6.45) is 0.621. The number of imide groups is 1. The summed E-state index contributed by atoms with van der Waals surface area (Å²) < 4.78 is 5.68. The van der Waals surface area contributed by atoms with E-state index in [9.17, 15) is 14.4 Å². The van der Waals surface area contributed by atoms with E-state index in [4.69, 9.17) is 4.74 Å². The molecule has 3 aromatic rings. The van der Waals surface area contributed by atoms with Gasteiger partial charge in [0.2, 0.25) is 5.91 Å². The number of carbonyl (C=O) groups is 3. The van der Waals surface area contributed by atoms with Gasteiger partial charge in [-0.15, -0.1) is 11.3 Å². The van der Waals surface area contributed by atoms with Gasteiger partial charge in [0.15, 0.2) is 5.13 Å². The van der Waals surface area contributed by atoms with E-state index in [2.05, 4.69) is 10.3 Å². The molecule has 0 fully saturated rings. The molecule has 0 aliphatic carbocycles. The predicted octanol–water partition coefficient (Wildman–Crippen LogP) is 4.86. The molecular weight excluding hydrogens is 438 g/mol. The van der Waals surface area contributed by atoms with Crippen LogP contribution in [0.2, 0.25) is 0 Å². The third-order valence-electron chi connectivity index (χ3n) is 5.75. The molecule has 2 atom stereocenters. The number of amides is 3. The molecule has 3 amide bonds. The lowest BCUT2D eigenvalue weighted by Gasteiger charge is -2.29. The van der Waals surface area contributed by atoms with Gasteiger partial charge in [-0.2, -0.15) is 0 Å². The van der Waals surface area contributed by atoms with Crippen LogP contribution in [0.25, 0.3) is 11.3 Å². The number of hydrogen-bond donors (Lipinski definition) is 1. The first-order valence-electron chi connectivity index (χ1n) is 10.9. The van der Waals surface area contributed by atoms with Crippen LogP contribution in [0, 0.1) is 5.92 Å². The van der Waals surface area contributed by atoms with Crippen LogP contribution >= 0.6 is 11.3 Å². The zero-order valence-corrected chi connectivity index (χ0v) is 19.5. The van der Waals surface area contributed by atoms with Crippen molar-refractivity contribution in [2.24, 2.45) is 5.92 Å². The zero-order chi connectivity index (χ0) is 23.5. The summed E-state index contributed by atoms with van der Waals surface area (Å²) in [4.78, 5) is 45.0. The summed E-state index contributed by atoms with van der Waals surface area (Å²) in [5.74, 6) is -0.835. The van der Waals surface area contributed by atoms with E-state index in [1.165, 1.54) is 11.3 Å². The number of anilines is 1. The maximum absolute atomic E-state index is 13.3. The molecule has 4 rings (SSSR count). The molecule has 7 nitrogen and oxygen atoms in total. The number of thiazole rings is 1. The molecule has 0 bridgehead atoms. The minimum Gasteiger partial charge on any atom is -0.493 e. The van der Waals surface area contributed by atoms with Crippen LogP contribution in [0.3, 0.4) is 0 Å². The third-order valence-corrected chi connectivity index (χ3v) is 6.51. The van der Waals surface area contributed by atoms with Crippen molar-refractivity contribution in [3.63, 3.8) is 0 Å². The second-order valence-corrected chi connectivity index (χ2v) is 8.67. The zero-order valence-electron chi connectivity index (χ0n) is 18.7. The number of carbonyl (C=O) groups excluding carboxylic acids is 3. The highest BCUT2D eigenvalue weighted by Crippen LogP contribution is 2.33. The Morgan fingerprint density at radius 3 is 2.24 bits per heavy atom. The van der Waals surface area contributed by atoms with E-state index in [0.29, 0.717) is 40.7 Å². The maximum atomic E-state index is 13.3. The fourth-order valence-corrected chi connectivity index (χ4v) is 4.62. The lowest BCUT2D eigenvalue weighted by molar-refractivity contribution is -0.121. The number of para-hydroxylation sites is 1. The van der Waals surface area contributed by atoms with Gasteiger partial charge in [0.25, 0.3) is 11.8 Å². The minimum absolute atomic E-state index is 0.231. The summed E-state index contributed by atoms with van der Waals surface area (Å²) >= 11 is 1.28. The molecule has 0 spiro atoms. The van der Waals surface area contributed by atoms with Gasteiger partial charge < -0.3 is 10.1 Å². The number of ether oxygens (including phenoxy) is 1. The van der Waals surface area contributed by atoms with Crippen molar-refractivity contribution in [3.8, 4) is 17.0 Å². The Morgan fingerprint density at radius 2 is 1.64 bits per heavy atom. The van der Waals surface area contributed by atoms with Gasteiger partial charge in [-0.05, 0) is 37.1 Å². The van der Waals surface area contributed by atoms with Crippen molar-refractivity contribution < 1.29 is 19.1 Å². The standard InChI is InChI=1S/C25H25N3O4S/c1-4-15(3)21(28-23(30)16-10-6-7-11-17(16)24(28)31)22(29)27-25-26-19(14-33-25)18-12-8-9-13-20(18)32-5-2/h6-15,21H,4-5H2,1-3H3,(H,26,27,29). The molecule has 2 aromatic carbocycles. The van der Waals surface area contributed by atoms with Crippen molar-refractivity contribution in [1.82, 2.24) is 9.88 Å². The maximum Gasteiger partial charge on any atom is 0.262 e. The first kappa shape index (κ1) is 22.7. The van der Waals surface area contributed by atoms with E-state index in [1.54, 1.807) is 24.3 Å². The Hall–Kier alpha value is -3.52. The average molecular weight is 464 g/mol. The first-order valence-corrected chi connectivity index (χ1v) is 11.8. The van der Waals surface area contributed by atoms with Gasteiger partial charge >= 0.3 is 0 Å². The molecule has 1 aromatic heterocycles. The van der Waals surface area contributed by atoms with Crippen molar-refractivity contribution >= 4 is 34.2 Å². The number of rotatable bonds is 8. The number of fused-ring (bicyclic) bond motifs is 1. The van der Waals surface area contributed by atoms with Crippen molar-refractivity contribution in [1.29, 1.82) is 0 Å². The van der Waals surface area contributed by atoms with Gasteiger partial charge in [0.05, 0.1) is 23.4 Å². The van der Waals surface area contributed by atoms with Crippen molar-refractivity contribution in [2.45, 2.75) is 33.2 Å². The topological polar surface area (TPSA) is 88.6 Å². The van der Waals surface area contributed by atoms with E-state index < -0.39 is 23.8 Å². The van der Waals surface area contributed by atoms with E-state index in [1.807, 2.05) is 50.4 Å². The molecule has 1 N–H and O–H groups in total. The Morgan fingerprint density at radius 1 is 1.03 bits per heavy atom. The number of benzene rings is 2. The van der Waals surface area contributed by atoms with Gasteiger partial charge in [-0.1, -0.05) is 44.5 Å². The largest absolute Gasteiger partial charge is 0.493 e. The van der Waals surface area contributed by atoms with Gasteiger partial charge in [-0.25, -0.2) is 4.98 Å². The first-order chi connectivity index (χ1) is 16.0. The lowest BCUT2D eigenvalue weighted by atomic mass is 9.96. The fourth-order valence-electron chi connectivity index (χ4n) is 3.91. The molecule has 8 heteroatoms. The number of hydrogen-bond acceptors (Lipinski definition) is 6. The molecule has 2 heterocycles. The minimum atomic E-state index is -0.939. The number of aromatic nitrogens is 1. The Labute approximate surface area is 196 Å². The fraction of sp³-hybridized carbons (Fsp3) is 0.280. The normalized spacial score (nSPS) is 14.7. The summed E-state index contributed by atoms with van der Waals surface area (Å²) in [6, 6.07) is 13.3. The van der Waals surface area contributed by atoms with Crippen LogP contribution in [0.1, 0.15) is 47.9 Å². The smallest absolute Gasteiger partial charge is 0.262 e. The monoisotopic (exact) mass is 463 g/mol. The molecule has 0 radical (unpaired) electrons. The Kier molecular flexibility index (Phi) is 6.55. The third kappa shape index (κ3) is 4.26. The second-order valence-electron chi connectivity index (χ2n) is 7.81. The molecule has 1 aliphatic rings. The Balaban J connectivity index is 1.59. The van der Waals surface area contributed by atoms with Gasteiger partial charge in [0.1, 0.15) is 11.8 Å². The van der Waals surface area contributed by atoms with Crippen LogP contribution in [-0.4, -0.2) is 40.3 Å². The van der Waals surface area contributed by atoms with Gasteiger partial charge in [-0.3, -0.25) is 19.3 Å². The molecular formula is C25H25N3O4S. The van der Waals surface area contributed by atoms with Crippen LogP contribution in [0.15, 0.2) is 53.9 Å². The van der Waals surface area contributed by atoms with Crippen LogP contribution in [-0.2, 0) is 4.79 Å². The number of nitrogens with one attached hydrogen (secondary N) is 1. The molecule has 1 aliphatic heterocycles. The van der Waals surface area contributed by atoms with Crippen molar-refractivity contribution in [2.75, 3.05) is 11.9 Å². The van der Waals surface area contributed by atoms with Crippen LogP contribution in [0.4, 0.5) is 5.13 Å². The molecule has 33 heavy (non-hydrogen) atoms. The molecule has 0 saturated heterocycles. The molecule has 0 saturated carbocycles. The second kappa shape index (κ2) is 9.54. The highest BCUT2D eigenvalue weighted by Gasteiger charge is 2.44. The lowest BCUT2D eigenvalue weighted by Crippen LogP contribution is -2.50. The highest BCUT2D eigenvalue weighted by atomic mass is 32.1. The van der Waals surface area contributed by atoms with E-state index >= 15 is 0 Å². The summed E-state index contributed by atoms with van der Waals surface area (Å²) in [5, 5.41) is 5.06. The van der Waals surface area contributed by atoms with Crippen molar-refractivity contribution in [3.05, 3.63) is 65.0 Å². The van der Waals surface area contributed by atoms with E-state index in [0.717, 1.165) is 10.5 Å². The molecule has 2 unspecified atom stereocenters. The average Bonchev–Trinajstić information content (AvgIpc) is 3.38. The predicted molar refractivity (Wildman–Crippen MR) is 128 cm³/mol. The number of nitrogens with zero attached hydrogens (tertiary/aromatic N) is 2. The van der Waals surface area contributed by atoms with Gasteiger partial charge in [0, 0.05) is 10.9 Å². The van der Waals surface area contributed by atoms with Crippen LogP contribution < -0.4 is 10.1 Å². The highest BCUT2D eigenvalue weighted by molar-refractivity contribution is 7.14. The quantitative estimate of drug-likeness (QED) is 0.482. The summed E-state index contributed by atoms with van der Waals surface area (Å²) in [6.45, 7) is 6.23. The summed E-state index contributed by atoms with van der Waals surface area (Å²) in [7, 11) is 0. The summed E-state index contributed by atoms with van der Waals surface area (Å²) in [5.41, 5.74) is 2.16. The van der Waals surface area contributed by atoms with Crippen LogP contribution in [0.5, 0.6) is 5.75 Å². The SMILES string of the molecule is CCOc1ccccc1-c1csc(NC(=O)C(C(C)CC)N2C(=O)c3ccccc3C2=O)n1. The Bertz CT molecular complexity index is 1170.